The Balaban J connectivity index is 2.27. The van der Waals surface area contributed by atoms with Gasteiger partial charge < -0.3 is 15.3 Å². The Bertz CT molecular complexity index is 325. The molecule has 0 aliphatic heterocycles. The number of rotatable bonds is 6. The average Bonchev–Trinajstić information content (AvgIpc) is 2.29. The minimum atomic E-state index is -0.169. The smallest absolute Gasteiger partial charge is 0.251 e. The maximum atomic E-state index is 11.5. The van der Waals surface area contributed by atoms with Crippen molar-refractivity contribution in [3.63, 3.8) is 0 Å². The van der Waals surface area contributed by atoms with Crippen LogP contribution in [0.4, 0.5) is 0 Å². The fourth-order valence-corrected chi connectivity index (χ4v) is 1.19. The van der Waals surface area contributed by atoms with Crippen LogP contribution < -0.4 is 10.0 Å². The lowest BCUT2D eigenvalue weighted by atomic mass is 10.2. The fraction of sp³-hybridized carbons (Fsp3) is 0.455. The van der Waals surface area contributed by atoms with Crippen molar-refractivity contribution in [2.75, 3.05) is 19.8 Å². The van der Waals surface area contributed by atoms with Gasteiger partial charge in [0.2, 0.25) is 0 Å². The number of pyridine rings is 1. The van der Waals surface area contributed by atoms with E-state index in [9.17, 15) is 10.0 Å². The first kappa shape index (κ1) is 12.4. The zero-order chi connectivity index (χ0) is 11.8. The summed E-state index contributed by atoms with van der Waals surface area (Å²) in [6.07, 6.45) is 3.39. The van der Waals surface area contributed by atoms with Gasteiger partial charge in [-0.3, -0.25) is 4.79 Å². The van der Waals surface area contributed by atoms with Gasteiger partial charge in [0.05, 0.1) is 5.56 Å². The molecule has 0 aliphatic rings. The van der Waals surface area contributed by atoms with Crippen molar-refractivity contribution in [1.82, 2.24) is 5.32 Å². The molecule has 0 bridgehead atoms. The molecule has 0 radical (unpaired) electrons. The molecular weight excluding hydrogens is 208 g/mol. The summed E-state index contributed by atoms with van der Waals surface area (Å²) in [6, 6.07) is 2.98. The third kappa shape index (κ3) is 4.27. The van der Waals surface area contributed by atoms with Gasteiger partial charge in [-0.05, 0) is 13.3 Å². The normalized spacial score (nSPS) is 10.1. The summed E-state index contributed by atoms with van der Waals surface area (Å²) in [5.74, 6) is -0.169. The zero-order valence-electron chi connectivity index (χ0n) is 9.31. The first-order valence-corrected chi connectivity index (χ1v) is 5.29. The molecule has 1 amide bonds. The molecule has 0 unspecified atom stereocenters. The predicted molar refractivity (Wildman–Crippen MR) is 58.8 cm³/mol. The number of hydrogen-bond donors (Lipinski definition) is 1. The quantitative estimate of drug-likeness (QED) is 0.434. The van der Waals surface area contributed by atoms with E-state index in [2.05, 4.69) is 5.32 Å². The second-order valence-electron chi connectivity index (χ2n) is 3.25. The van der Waals surface area contributed by atoms with Gasteiger partial charge >= 0.3 is 0 Å². The molecule has 5 heteroatoms. The molecular formula is C11H16N2O3. The highest BCUT2D eigenvalue weighted by Gasteiger charge is 2.05. The summed E-state index contributed by atoms with van der Waals surface area (Å²) < 4.78 is 5.79. The van der Waals surface area contributed by atoms with Crippen LogP contribution in [0, 0.1) is 5.21 Å². The molecule has 1 aromatic rings. The van der Waals surface area contributed by atoms with Crippen molar-refractivity contribution >= 4 is 5.91 Å². The Morgan fingerprint density at radius 3 is 2.81 bits per heavy atom. The van der Waals surface area contributed by atoms with Crippen LogP contribution in [0.15, 0.2) is 24.5 Å². The molecule has 0 saturated carbocycles. The Kier molecular flexibility index (Phi) is 5.28. The van der Waals surface area contributed by atoms with E-state index in [1.807, 2.05) is 6.92 Å². The third-order valence-corrected chi connectivity index (χ3v) is 2.02. The van der Waals surface area contributed by atoms with Crippen molar-refractivity contribution in [3.8, 4) is 0 Å². The van der Waals surface area contributed by atoms with Crippen molar-refractivity contribution in [1.29, 1.82) is 0 Å². The van der Waals surface area contributed by atoms with Gasteiger partial charge in [-0.2, -0.15) is 4.73 Å². The van der Waals surface area contributed by atoms with E-state index in [1.165, 1.54) is 24.5 Å². The predicted octanol–water partition coefficient (Wildman–Crippen LogP) is 0.476. The molecule has 0 aromatic carbocycles. The van der Waals surface area contributed by atoms with Gasteiger partial charge in [0.25, 0.3) is 5.91 Å². The highest BCUT2D eigenvalue weighted by Crippen LogP contribution is 1.94. The molecule has 16 heavy (non-hydrogen) atoms. The summed E-state index contributed by atoms with van der Waals surface area (Å²) in [5.41, 5.74) is 0.489. The maximum Gasteiger partial charge on any atom is 0.251 e. The van der Waals surface area contributed by atoms with Gasteiger partial charge in [-0.15, -0.1) is 0 Å². The van der Waals surface area contributed by atoms with Crippen LogP contribution in [0.1, 0.15) is 23.7 Å². The van der Waals surface area contributed by atoms with E-state index in [4.69, 9.17) is 4.74 Å². The SMILES string of the molecule is CCOCCCNC(=O)c1cc[n+]([O-])cc1. The molecule has 0 atom stereocenters. The summed E-state index contributed by atoms with van der Waals surface area (Å²) >= 11 is 0. The Labute approximate surface area is 94.6 Å². The van der Waals surface area contributed by atoms with Gasteiger partial charge in [0.15, 0.2) is 12.4 Å². The summed E-state index contributed by atoms with van der Waals surface area (Å²) in [4.78, 5) is 11.5. The summed E-state index contributed by atoms with van der Waals surface area (Å²) in [6.45, 7) is 3.84. The van der Waals surface area contributed by atoms with E-state index in [1.54, 1.807) is 0 Å². The van der Waals surface area contributed by atoms with Crippen molar-refractivity contribution < 1.29 is 14.3 Å². The van der Waals surface area contributed by atoms with E-state index in [0.29, 0.717) is 30.1 Å². The molecule has 0 spiro atoms. The number of hydrogen-bond acceptors (Lipinski definition) is 3. The van der Waals surface area contributed by atoms with Gasteiger partial charge in [-0.25, -0.2) is 0 Å². The third-order valence-electron chi connectivity index (χ3n) is 2.02. The first-order chi connectivity index (χ1) is 7.74. The fourth-order valence-electron chi connectivity index (χ4n) is 1.19. The molecule has 1 aromatic heterocycles. The van der Waals surface area contributed by atoms with Crippen molar-refractivity contribution in [2.24, 2.45) is 0 Å². The van der Waals surface area contributed by atoms with Gasteiger partial charge in [0.1, 0.15) is 0 Å². The lowest BCUT2D eigenvalue weighted by molar-refractivity contribution is -0.605. The zero-order valence-corrected chi connectivity index (χ0v) is 9.31. The number of amides is 1. The molecule has 5 nitrogen and oxygen atoms in total. The first-order valence-electron chi connectivity index (χ1n) is 5.29. The van der Waals surface area contributed by atoms with E-state index >= 15 is 0 Å². The number of nitrogens with one attached hydrogen (secondary N) is 1. The minimum absolute atomic E-state index is 0.169. The second kappa shape index (κ2) is 6.79. The molecule has 1 heterocycles. The second-order valence-corrected chi connectivity index (χ2v) is 3.25. The number of carbonyl (C=O) groups excluding carboxylic acids is 1. The van der Waals surface area contributed by atoms with Crippen LogP contribution >= 0.6 is 0 Å². The molecule has 88 valence electrons. The number of nitrogens with zero attached hydrogens (tertiary/aromatic N) is 1. The highest BCUT2D eigenvalue weighted by atomic mass is 16.5. The lowest BCUT2D eigenvalue weighted by Crippen LogP contribution is -2.28. The highest BCUT2D eigenvalue weighted by molar-refractivity contribution is 5.93. The minimum Gasteiger partial charge on any atom is -0.619 e. The lowest BCUT2D eigenvalue weighted by Gasteiger charge is -2.05. The largest absolute Gasteiger partial charge is 0.619 e. The monoisotopic (exact) mass is 224 g/mol. The number of carbonyl (C=O) groups is 1. The average molecular weight is 224 g/mol. The van der Waals surface area contributed by atoms with Gasteiger partial charge in [-0.1, -0.05) is 0 Å². The van der Waals surface area contributed by atoms with E-state index in [-0.39, 0.29) is 5.91 Å². The molecule has 0 fully saturated rings. The molecule has 0 aliphatic carbocycles. The van der Waals surface area contributed by atoms with Crippen LogP contribution in [0.2, 0.25) is 0 Å². The number of ether oxygens (including phenoxy) is 1. The Hall–Kier alpha value is -1.62. The topological polar surface area (TPSA) is 65.3 Å². The van der Waals surface area contributed by atoms with Crippen LogP contribution in [-0.4, -0.2) is 25.7 Å². The Morgan fingerprint density at radius 1 is 1.50 bits per heavy atom. The molecule has 1 rings (SSSR count). The van der Waals surface area contributed by atoms with Crippen LogP contribution in [-0.2, 0) is 4.74 Å². The van der Waals surface area contributed by atoms with E-state index in [0.717, 1.165) is 6.42 Å². The van der Waals surface area contributed by atoms with Crippen molar-refractivity contribution in [3.05, 3.63) is 35.3 Å². The van der Waals surface area contributed by atoms with Gasteiger partial charge in [0, 0.05) is 31.9 Å². The van der Waals surface area contributed by atoms with Crippen LogP contribution in [0.5, 0.6) is 0 Å². The molecule has 1 N–H and O–H groups in total. The van der Waals surface area contributed by atoms with Crippen molar-refractivity contribution in [2.45, 2.75) is 13.3 Å². The molecule has 0 saturated heterocycles. The Morgan fingerprint density at radius 2 is 2.19 bits per heavy atom. The van der Waals surface area contributed by atoms with Crippen LogP contribution in [0.3, 0.4) is 0 Å². The summed E-state index contributed by atoms with van der Waals surface area (Å²) in [5, 5.41) is 13.5. The standard InChI is InChI=1S/C11H16N2O3/c1-2-16-9-3-6-12-11(14)10-4-7-13(15)8-5-10/h4-5,7-8H,2-3,6,9H2,1H3,(H,12,14). The maximum absolute atomic E-state index is 11.5. The van der Waals surface area contributed by atoms with E-state index < -0.39 is 0 Å². The number of aromatic nitrogens is 1. The van der Waals surface area contributed by atoms with Crippen LogP contribution in [0.25, 0.3) is 0 Å². The summed E-state index contributed by atoms with van der Waals surface area (Å²) in [7, 11) is 0.